The van der Waals surface area contributed by atoms with Gasteiger partial charge in [0.2, 0.25) is 0 Å². The summed E-state index contributed by atoms with van der Waals surface area (Å²) >= 11 is 0. The lowest BCUT2D eigenvalue weighted by atomic mass is 10.2. The van der Waals surface area contributed by atoms with Gasteiger partial charge in [-0.1, -0.05) is 13.3 Å². The zero-order valence-corrected chi connectivity index (χ0v) is 13.0. The molecule has 2 rings (SSSR count). The van der Waals surface area contributed by atoms with Gasteiger partial charge in [-0.25, -0.2) is 0 Å². The van der Waals surface area contributed by atoms with Crippen molar-refractivity contribution in [3.8, 4) is 11.5 Å². The molecule has 0 unspecified atom stereocenters. The first-order chi connectivity index (χ1) is 10.3. The van der Waals surface area contributed by atoms with E-state index in [0.29, 0.717) is 0 Å². The molecular formula is C18H23NO2. The average molecular weight is 285 g/mol. The predicted molar refractivity (Wildman–Crippen MR) is 87.9 cm³/mol. The van der Waals surface area contributed by atoms with Crippen molar-refractivity contribution in [2.45, 2.75) is 19.8 Å². The van der Waals surface area contributed by atoms with Crippen molar-refractivity contribution in [3.05, 3.63) is 48.5 Å². The Hall–Kier alpha value is -2.16. The molecular weight excluding hydrogens is 262 g/mol. The second kappa shape index (κ2) is 7.58. The Kier molecular flexibility index (Phi) is 5.50. The van der Waals surface area contributed by atoms with Gasteiger partial charge in [-0.15, -0.1) is 0 Å². The standard InChI is InChI=1S/C18H23NO2/c1-4-5-14-19(15-6-10-17(20-2)11-7-15)16-8-12-18(21-3)13-9-16/h6-13H,4-5,14H2,1-3H3. The zero-order valence-electron chi connectivity index (χ0n) is 13.0. The number of anilines is 2. The minimum Gasteiger partial charge on any atom is -0.497 e. The van der Waals surface area contributed by atoms with Crippen molar-refractivity contribution >= 4 is 11.4 Å². The Morgan fingerprint density at radius 1 is 0.762 bits per heavy atom. The van der Waals surface area contributed by atoms with Crippen molar-refractivity contribution in [2.75, 3.05) is 25.7 Å². The Labute approximate surface area is 127 Å². The molecule has 0 amide bonds. The third-order valence-corrected chi connectivity index (χ3v) is 3.50. The van der Waals surface area contributed by atoms with E-state index < -0.39 is 0 Å². The lowest BCUT2D eigenvalue weighted by Crippen LogP contribution is -2.18. The lowest BCUT2D eigenvalue weighted by molar-refractivity contribution is 0.415. The van der Waals surface area contributed by atoms with Crippen LogP contribution < -0.4 is 14.4 Å². The summed E-state index contributed by atoms with van der Waals surface area (Å²) in [5.74, 6) is 1.76. The molecule has 0 atom stereocenters. The Bertz CT molecular complexity index is 487. The number of ether oxygens (including phenoxy) is 2. The Morgan fingerprint density at radius 3 is 1.52 bits per heavy atom. The fourth-order valence-corrected chi connectivity index (χ4v) is 2.25. The van der Waals surface area contributed by atoms with E-state index in [0.717, 1.165) is 24.5 Å². The molecule has 0 fully saturated rings. The first-order valence-corrected chi connectivity index (χ1v) is 7.34. The lowest BCUT2D eigenvalue weighted by Gasteiger charge is -2.25. The van der Waals surface area contributed by atoms with Gasteiger partial charge in [0, 0.05) is 17.9 Å². The zero-order chi connectivity index (χ0) is 15.1. The van der Waals surface area contributed by atoms with Gasteiger partial charge in [0.05, 0.1) is 14.2 Å². The van der Waals surface area contributed by atoms with Crippen LogP contribution in [0, 0.1) is 0 Å². The van der Waals surface area contributed by atoms with Crippen LogP contribution in [0.4, 0.5) is 11.4 Å². The van der Waals surface area contributed by atoms with E-state index in [1.165, 1.54) is 17.8 Å². The van der Waals surface area contributed by atoms with E-state index in [2.05, 4.69) is 36.1 Å². The second-order valence-corrected chi connectivity index (χ2v) is 4.90. The van der Waals surface area contributed by atoms with E-state index in [4.69, 9.17) is 9.47 Å². The summed E-state index contributed by atoms with van der Waals surface area (Å²) in [7, 11) is 3.38. The molecule has 112 valence electrons. The van der Waals surface area contributed by atoms with Crippen LogP contribution in [0.5, 0.6) is 11.5 Å². The number of benzene rings is 2. The first kappa shape index (κ1) is 15.2. The molecule has 0 saturated heterocycles. The third kappa shape index (κ3) is 3.91. The van der Waals surface area contributed by atoms with Gasteiger partial charge in [0.25, 0.3) is 0 Å². The van der Waals surface area contributed by atoms with Crippen LogP contribution in [0.15, 0.2) is 48.5 Å². The van der Waals surface area contributed by atoms with E-state index >= 15 is 0 Å². The van der Waals surface area contributed by atoms with E-state index in [1.54, 1.807) is 14.2 Å². The van der Waals surface area contributed by atoms with Gasteiger partial charge in [-0.3, -0.25) is 0 Å². The van der Waals surface area contributed by atoms with E-state index in [-0.39, 0.29) is 0 Å². The summed E-state index contributed by atoms with van der Waals surface area (Å²) in [5, 5.41) is 0. The summed E-state index contributed by atoms with van der Waals surface area (Å²) in [6, 6.07) is 16.4. The highest BCUT2D eigenvalue weighted by atomic mass is 16.5. The molecule has 2 aromatic rings. The van der Waals surface area contributed by atoms with Crippen LogP contribution in [0.3, 0.4) is 0 Å². The topological polar surface area (TPSA) is 21.7 Å². The molecule has 2 aromatic carbocycles. The largest absolute Gasteiger partial charge is 0.497 e. The molecule has 0 aliphatic rings. The molecule has 0 aliphatic carbocycles. The van der Waals surface area contributed by atoms with Gasteiger partial charge in [0.15, 0.2) is 0 Å². The SMILES string of the molecule is CCCCN(c1ccc(OC)cc1)c1ccc(OC)cc1. The van der Waals surface area contributed by atoms with Crippen molar-refractivity contribution in [2.24, 2.45) is 0 Å². The maximum absolute atomic E-state index is 5.23. The molecule has 0 spiro atoms. The van der Waals surface area contributed by atoms with Gasteiger partial charge >= 0.3 is 0 Å². The van der Waals surface area contributed by atoms with Crippen molar-refractivity contribution in [1.82, 2.24) is 0 Å². The highest BCUT2D eigenvalue weighted by Gasteiger charge is 2.09. The van der Waals surface area contributed by atoms with Crippen LogP contribution in [-0.4, -0.2) is 20.8 Å². The smallest absolute Gasteiger partial charge is 0.119 e. The van der Waals surface area contributed by atoms with E-state index in [9.17, 15) is 0 Å². The van der Waals surface area contributed by atoms with Crippen LogP contribution in [0.25, 0.3) is 0 Å². The Morgan fingerprint density at radius 2 is 1.19 bits per heavy atom. The summed E-state index contributed by atoms with van der Waals surface area (Å²) in [5.41, 5.74) is 2.35. The number of nitrogens with zero attached hydrogens (tertiary/aromatic N) is 1. The maximum Gasteiger partial charge on any atom is 0.119 e. The molecule has 0 bridgehead atoms. The van der Waals surface area contributed by atoms with Gasteiger partial charge in [0.1, 0.15) is 11.5 Å². The molecule has 0 saturated carbocycles. The van der Waals surface area contributed by atoms with Crippen LogP contribution in [-0.2, 0) is 0 Å². The molecule has 0 radical (unpaired) electrons. The molecule has 0 N–H and O–H groups in total. The number of methoxy groups -OCH3 is 2. The van der Waals surface area contributed by atoms with Gasteiger partial charge in [-0.2, -0.15) is 0 Å². The molecule has 21 heavy (non-hydrogen) atoms. The normalized spacial score (nSPS) is 10.2. The average Bonchev–Trinajstić information content (AvgIpc) is 2.56. The number of unbranched alkanes of at least 4 members (excludes halogenated alkanes) is 1. The quantitative estimate of drug-likeness (QED) is 0.739. The highest BCUT2D eigenvalue weighted by molar-refractivity contribution is 5.64. The van der Waals surface area contributed by atoms with Crippen molar-refractivity contribution in [3.63, 3.8) is 0 Å². The Balaban J connectivity index is 2.26. The number of hydrogen-bond acceptors (Lipinski definition) is 3. The van der Waals surface area contributed by atoms with Crippen molar-refractivity contribution < 1.29 is 9.47 Å². The van der Waals surface area contributed by atoms with Crippen molar-refractivity contribution in [1.29, 1.82) is 0 Å². The van der Waals surface area contributed by atoms with E-state index in [1.807, 2.05) is 24.3 Å². The molecule has 0 aliphatic heterocycles. The fourth-order valence-electron chi connectivity index (χ4n) is 2.25. The molecule has 3 heteroatoms. The second-order valence-electron chi connectivity index (χ2n) is 4.90. The maximum atomic E-state index is 5.23. The molecule has 0 heterocycles. The molecule has 3 nitrogen and oxygen atoms in total. The van der Waals surface area contributed by atoms with Crippen LogP contribution >= 0.6 is 0 Å². The molecule has 0 aromatic heterocycles. The van der Waals surface area contributed by atoms with Crippen LogP contribution in [0.1, 0.15) is 19.8 Å². The minimum atomic E-state index is 0.879. The summed E-state index contributed by atoms with van der Waals surface area (Å²) < 4.78 is 10.5. The van der Waals surface area contributed by atoms with Crippen LogP contribution in [0.2, 0.25) is 0 Å². The van der Waals surface area contributed by atoms with Gasteiger partial charge in [-0.05, 0) is 55.0 Å². The highest BCUT2D eigenvalue weighted by Crippen LogP contribution is 2.29. The summed E-state index contributed by atoms with van der Waals surface area (Å²) in [6.07, 6.45) is 2.32. The summed E-state index contributed by atoms with van der Waals surface area (Å²) in [6.45, 7) is 3.20. The number of rotatable bonds is 7. The first-order valence-electron chi connectivity index (χ1n) is 7.34. The fraction of sp³-hybridized carbons (Fsp3) is 0.333. The number of hydrogen-bond donors (Lipinski definition) is 0. The van der Waals surface area contributed by atoms with Gasteiger partial charge < -0.3 is 14.4 Å². The monoisotopic (exact) mass is 285 g/mol. The summed E-state index contributed by atoms with van der Waals surface area (Å²) in [4.78, 5) is 2.32. The predicted octanol–water partition coefficient (Wildman–Crippen LogP) is 4.64. The minimum absolute atomic E-state index is 0.879. The third-order valence-electron chi connectivity index (χ3n) is 3.50.